The number of nitro benzene ring substituents is 2. The molecule has 0 atom stereocenters. The first-order valence-corrected chi connectivity index (χ1v) is 5.75. The molecule has 2 N–H and O–H groups in total. The Labute approximate surface area is 108 Å². The van der Waals surface area contributed by atoms with E-state index in [1.807, 2.05) is 0 Å². The molecule has 1 fully saturated rings. The molecule has 1 aliphatic rings. The van der Waals surface area contributed by atoms with E-state index in [0.29, 0.717) is 6.54 Å². The maximum absolute atomic E-state index is 10.9. The molecule has 0 amide bonds. The average molecular weight is 267 g/mol. The number of nitro groups is 2. The van der Waals surface area contributed by atoms with Crippen LogP contribution in [0, 0.1) is 25.6 Å². The SMILES string of the molecule is O=[N+]([O-])c1ccc(NCC2(CO)CC2)c([N+](=O)[O-])c1. The Kier molecular flexibility index (Phi) is 3.34. The summed E-state index contributed by atoms with van der Waals surface area (Å²) < 4.78 is 0. The highest BCUT2D eigenvalue weighted by Crippen LogP contribution is 2.45. The van der Waals surface area contributed by atoms with Crippen molar-refractivity contribution in [2.24, 2.45) is 5.41 Å². The number of aliphatic hydroxyl groups excluding tert-OH is 1. The molecule has 2 rings (SSSR count). The van der Waals surface area contributed by atoms with Crippen molar-refractivity contribution in [3.05, 3.63) is 38.4 Å². The molecular weight excluding hydrogens is 254 g/mol. The molecule has 1 saturated carbocycles. The van der Waals surface area contributed by atoms with Gasteiger partial charge in [0.15, 0.2) is 0 Å². The van der Waals surface area contributed by atoms with E-state index in [0.717, 1.165) is 18.9 Å². The van der Waals surface area contributed by atoms with E-state index in [2.05, 4.69) is 5.32 Å². The highest BCUT2D eigenvalue weighted by Gasteiger charge is 2.42. The van der Waals surface area contributed by atoms with Crippen LogP contribution in [0.3, 0.4) is 0 Å². The van der Waals surface area contributed by atoms with Gasteiger partial charge in [-0.1, -0.05) is 0 Å². The zero-order valence-corrected chi connectivity index (χ0v) is 10.0. The van der Waals surface area contributed by atoms with Gasteiger partial charge < -0.3 is 10.4 Å². The quantitative estimate of drug-likeness (QED) is 0.598. The van der Waals surface area contributed by atoms with Gasteiger partial charge >= 0.3 is 0 Å². The maximum Gasteiger partial charge on any atom is 0.299 e. The number of aliphatic hydroxyl groups is 1. The summed E-state index contributed by atoms with van der Waals surface area (Å²) in [4.78, 5) is 20.2. The van der Waals surface area contributed by atoms with Crippen molar-refractivity contribution < 1.29 is 15.0 Å². The summed E-state index contributed by atoms with van der Waals surface area (Å²) in [6, 6.07) is 3.47. The van der Waals surface area contributed by atoms with Crippen LogP contribution < -0.4 is 5.32 Å². The van der Waals surface area contributed by atoms with Gasteiger partial charge in [0.2, 0.25) is 0 Å². The zero-order valence-electron chi connectivity index (χ0n) is 10.0. The van der Waals surface area contributed by atoms with Gasteiger partial charge in [0, 0.05) is 18.0 Å². The van der Waals surface area contributed by atoms with Crippen molar-refractivity contribution in [3.63, 3.8) is 0 Å². The summed E-state index contributed by atoms with van der Waals surface area (Å²) in [7, 11) is 0. The van der Waals surface area contributed by atoms with Gasteiger partial charge in [-0.2, -0.15) is 0 Å². The van der Waals surface area contributed by atoms with Gasteiger partial charge in [-0.05, 0) is 18.9 Å². The molecule has 0 bridgehead atoms. The Balaban J connectivity index is 2.19. The van der Waals surface area contributed by atoms with Gasteiger partial charge in [-0.3, -0.25) is 20.2 Å². The number of nitrogens with one attached hydrogen (secondary N) is 1. The van der Waals surface area contributed by atoms with Crippen LogP contribution >= 0.6 is 0 Å². The summed E-state index contributed by atoms with van der Waals surface area (Å²) in [6.45, 7) is 0.447. The van der Waals surface area contributed by atoms with E-state index in [4.69, 9.17) is 5.11 Å². The van der Waals surface area contributed by atoms with E-state index in [1.54, 1.807) is 0 Å². The molecule has 8 heteroatoms. The van der Waals surface area contributed by atoms with Gasteiger partial charge in [-0.15, -0.1) is 0 Å². The molecule has 8 nitrogen and oxygen atoms in total. The second kappa shape index (κ2) is 4.81. The first-order chi connectivity index (χ1) is 8.97. The first kappa shape index (κ1) is 13.2. The Hall–Kier alpha value is -2.22. The van der Waals surface area contributed by atoms with Crippen molar-refractivity contribution in [1.82, 2.24) is 0 Å². The summed E-state index contributed by atoms with van der Waals surface area (Å²) in [6.07, 6.45) is 1.74. The Morgan fingerprint density at radius 3 is 2.42 bits per heavy atom. The van der Waals surface area contributed by atoms with Crippen molar-refractivity contribution >= 4 is 17.1 Å². The summed E-state index contributed by atoms with van der Waals surface area (Å²) in [5.74, 6) is 0. The fourth-order valence-electron chi connectivity index (χ4n) is 1.78. The normalized spacial score (nSPS) is 15.8. The van der Waals surface area contributed by atoms with Crippen molar-refractivity contribution in [1.29, 1.82) is 0 Å². The van der Waals surface area contributed by atoms with Crippen LogP contribution in [0.1, 0.15) is 12.8 Å². The Bertz CT molecular complexity index is 527. The van der Waals surface area contributed by atoms with E-state index in [1.165, 1.54) is 12.1 Å². The number of hydrogen-bond donors (Lipinski definition) is 2. The van der Waals surface area contributed by atoms with Crippen molar-refractivity contribution in [3.8, 4) is 0 Å². The van der Waals surface area contributed by atoms with Crippen LogP contribution in [0.15, 0.2) is 18.2 Å². The molecule has 0 unspecified atom stereocenters. The van der Waals surface area contributed by atoms with Gasteiger partial charge in [0.25, 0.3) is 11.4 Å². The third-order valence-electron chi connectivity index (χ3n) is 3.34. The molecule has 0 aromatic heterocycles. The number of rotatable bonds is 6. The van der Waals surface area contributed by atoms with Gasteiger partial charge in [-0.25, -0.2) is 0 Å². The largest absolute Gasteiger partial charge is 0.396 e. The lowest BCUT2D eigenvalue weighted by atomic mass is 10.1. The van der Waals surface area contributed by atoms with Crippen molar-refractivity contribution in [2.75, 3.05) is 18.5 Å². The highest BCUT2D eigenvalue weighted by atomic mass is 16.6. The second-order valence-corrected chi connectivity index (χ2v) is 4.73. The molecule has 0 saturated heterocycles. The number of non-ortho nitro benzene ring substituents is 1. The van der Waals surface area contributed by atoms with Crippen LogP contribution in [0.5, 0.6) is 0 Å². The topological polar surface area (TPSA) is 119 Å². The molecule has 1 aromatic rings. The highest BCUT2D eigenvalue weighted by molar-refractivity contribution is 5.65. The van der Waals surface area contributed by atoms with Crippen LogP contribution in [-0.2, 0) is 0 Å². The molecule has 0 aliphatic heterocycles. The molecule has 0 radical (unpaired) electrons. The van der Waals surface area contributed by atoms with Crippen molar-refractivity contribution in [2.45, 2.75) is 12.8 Å². The van der Waals surface area contributed by atoms with Gasteiger partial charge in [0.05, 0.1) is 22.5 Å². The lowest BCUT2D eigenvalue weighted by molar-refractivity contribution is -0.393. The minimum Gasteiger partial charge on any atom is -0.396 e. The number of anilines is 1. The lowest BCUT2D eigenvalue weighted by Crippen LogP contribution is -2.19. The smallest absolute Gasteiger partial charge is 0.299 e. The first-order valence-electron chi connectivity index (χ1n) is 5.75. The summed E-state index contributed by atoms with van der Waals surface area (Å²) in [5.41, 5.74) is -0.617. The zero-order chi connectivity index (χ0) is 14.0. The number of hydrogen-bond acceptors (Lipinski definition) is 6. The van der Waals surface area contributed by atoms with Crippen LogP contribution in [0.2, 0.25) is 0 Å². The minimum absolute atomic E-state index is 0.0286. The molecule has 1 aromatic carbocycles. The summed E-state index contributed by atoms with van der Waals surface area (Å²) >= 11 is 0. The Morgan fingerprint density at radius 1 is 1.26 bits per heavy atom. The van der Waals surface area contributed by atoms with E-state index < -0.39 is 9.85 Å². The summed E-state index contributed by atoms with van der Waals surface area (Å²) in [5, 5.41) is 33.5. The van der Waals surface area contributed by atoms with E-state index >= 15 is 0 Å². The monoisotopic (exact) mass is 267 g/mol. The fourth-order valence-corrected chi connectivity index (χ4v) is 1.78. The van der Waals surface area contributed by atoms with Crippen LogP contribution in [0.25, 0.3) is 0 Å². The van der Waals surface area contributed by atoms with E-state index in [-0.39, 0.29) is 29.1 Å². The molecule has 19 heavy (non-hydrogen) atoms. The Morgan fingerprint density at radius 2 is 1.95 bits per heavy atom. The lowest BCUT2D eigenvalue weighted by Gasteiger charge is -2.13. The third kappa shape index (κ3) is 2.79. The predicted molar refractivity (Wildman–Crippen MR) is 67.0 cm³/mol. The average Bonchev–Trinajstić information content (AvgIpc) is 3.16. The number of nitrogens with zero attached hydrogens (tertiary/aromatic N) is 2. The predicted octanol–water partition coefficient (Wildman–Crippen LogP) is 1.69. The maximum atomic E-state index is 10.9. The van der Waals surface area contributed by atoms with Crippen LogP contribution in [0.4, 0.5) is 17.1 Å². The molecule has 1 aliphatic carbocycles. The number of benzene rings is 1. The molecule has 0 heterocycles. The second-order valence-electron chi connectivity index (χ2n) is 4.73. The molecular formula is C11H13N3O5. The minimum atomic E-state index is -0.674. The van der Waals surface area contributed by atoms with E-state index in [9.17, 15) is 20.2 Å². The molecule has 0 spiro atoms. The molecule has 102 valence electrons. The standard InChI is InChI=1S/C11H13N3O5/c15-7-11(3-4-11)6-12-9-2-1-8(13(16)17)5-10(9)14(18)19/h1-2,5,12,15H,3-4,6-7H2. The third-order valence-corrected chi connectivity index (χ3v) is 3.34. The fraction of sp³-hybridized carbons (Fsp3) is 0.455. The van der Waals surface area contributed by atoms with Crippen LogP contribution in [-0.4, -0.2) is 28.1 Å². The van der Waals surface area contributed by atoms with Gasteiger partial charge in [0.1, 0.15) is 5.69 Å².